The molecule has 1 N–H and O–H groups in total. The Labute approximate surface area is 66.8 Å². The maximum atomic E-state index is 3.69. The summed E-state index contributed by atoms with van der Waals surface area (Å²) >= 11 is 0. The van der Waals surface area contributed by atoms with Crippen LogP contribution in [0.25, 0.3) is 12.2 Å². The van der Waals surface area contributed by atoms with Crippen LogP contribution in [0.1, 0.15) is 11.3 Å². The first-order valence-corrected chi connectivity index (χ1v) is 3.47. The maximum Gasteiger partial charge on any atom is 0.0453 e. The van der Waals surface area contributed by atoms with Gasteiger partial charge in [0.25, 0.3) is 0 Å². The van der Waals surface area contributed by atoms with Crippen molar-refractivity contribution in [3.8, 4) is 0 Å². The molecule has 1 heteroatoms. The lowest BCUT2D eigenvalue weighted by Gasteiger charge is -1.88. The van der Waals surface area contributed by atoms with Gasteiger partial charge in [0.2, 0.25) is 0 Å². The number of aromatic nitrogens is 1. The van der Waals surface area contributed by atoms with Gasteiger partial charge in [-0.1, -0.05) is 31.4 Å². The topological polar surface area (TPSA) is 15.8 Å². The summed E-state index contributed by atoms with van der Waals surface area (Å²) in [6, 6.07) is 1.98. The predicted molar refractivity (Wildman–Crippen MR) is 50.1 cm³/mol. The Balaban J connectivity index is 2.92. The van der Waals surface area contributed by atoms with Crippen LogP contribution in [0.15, 0.2) is 37.6 Å². The molecule has 0 spiro atoms. The molecule has 0 saturated carbocycles. The van der Waals surface area contributed by atoms with E-state index in [0.29, 0.717) is 0 Å². The van der Waals surface area contributed by atoms with Gasteiger partial charge in [-0.2, -0.15) is 0 Å². The normalized spacial score (nSPS) is 10.2. The first-order chi connectivity index (χ1) is 5.38. The number of rotatable bonds is 3. The van der Waals surface area contributed by atoms with Crippen molar-refractivity contribution in [3.05, 3.63) is 48.8 Å². The largest absolute Gasteiger partial charge is 0.361 e. The molecule has 1 aromatic heterocycles. The molecule has 0 bridgehead atoms. The Morgan fingerprint density at radius 3 is 2.82 bits per heavy atom. The molecule has 0 amide bonds. The second kappa shape index (κ2) is 3.62. The van der Waals surface area contributed by atoms with E-state index in [0.717, 1.165) is 11.3 Å². The Bertz CT molecular complexity index is 279. The Morgan fingerprint density at radius 1 is 1.36 bits per heavy atom. The molecule has 0 atom stereocenters. The fourth-order valence-corrected chi connectivity index (χ4v) is 0.881. The van der Waals surface area contributed by atoms with Crippen molar-refractivity contribution in [2.75, 3.05) is 0 Å². The average Bonchev–Trinajstić information content (AvgIpc) is 2.47. The van der Waals surface area contributed by atoms with Gasteiger partial charge in [0.05, 0.1) is 0 Å². The summed E-state index contributed by atoms with van der Waals surface area (Å²) < 4.78 is 0. The quantitative estimate of drug-likeness (QED) is 0.629. The van der Waals surface area contributed by atoms with E-state index in [-0.39, 0.29) is 0 Å². The van der Waals surface area contributed by atoms with Crippen LogP contribution in [0, 0.1) is 0 Å². The van der Waals surface area contributed by atoms with Gasteiger partial charge in [-0.3, -0.25) is 0 Å². The van der Waals surface area contributed by atoms with Gasteiger partial charge in [-0.05, 0) is 17.7 Å². The number of aromatic amines is 1. The summed E-state index contributed by atoms with van der Waals surface area (Å²) in [6.45, 7) is 7.28. The summed E-state index contributed by atoms with van der Waals surface area (Å²) in [5.41, 5.74) is 2.18. The van der Waals surface area contributed by atoms with Gasteiger partial charge < -0.3 is 4.98 Å². The van der Waals surface area contributed by atoms with Crippen molar-refractivity contribution in [3.63, 3.8) is 0 Å². The highest BCUT2D eigenvalue weighted by Crippen LogP contribution is 2.09. The molecule has 1 aromatic rings. The van der Waals surface area contributed by atoms with Crippen LogP contribution in [0.4, 0.5) is 0 Å². The van der Waals surface area contributed by atoms with Gasteiger partial charge in [-0.15, -0.1) is 0 Å². The molecular weight excluding hydrogens is 134 g/mol. The van der Waals surface area contributed by atoms with Crippen molar-refractivity contribution < 1.29 is 0 Å². The minimum absolute atomic E-state index is 1.07. The highest BCUT2D eigenvalue weighted by atomic mass is 14.7. The number of hydrogen-bond donors (Lipinski definition) is 1. The maximum absolute atomic E-state index is 3.69. The van der Waals surface area contributed by atoms with E-state index in [9.17, 15) is 0 Å². The molecule has 11 heavy (non-hydrogen) atoms. The molecule has 1 heterocycles. The fourth-order valence-electron chi connectivity index (χ4n) is 0.881. The van der Waals surface area contributed by atoms with Crippen LogP contribution in [0.3, 0.4) is 0 Å². The van der Waals surface area contributed by atoms with E-state index in [4.69, 9.17) is 0 Å². The van der Waals surface area contributed by atoms with Gasteiger partial charge in [-0.25, -0.2) is 0 Å². The number of H-pyrrole nitrogens is 1. The van der Waals surface area contributed by atoms with Gasteiger partial charge >= 0.3 is 0 Å². The summed E-state index contributed by atoms with van der Waals surface area (Å²) in [5.74, 6) is 0. The minimum Gasteiger partial charge on any atom is -0.361 e. The van der Waals surface area contributed by atoms with Crippen LogP contribution in [-0.4, -0.2) is 4.98 Å². The molecule has 0 unspecified atom stereocenters. The summed E-state index contributed by atoms with van der Waals surface area (Å²) in [4.78, 5) is 3.09. The molecule has 1 nitrogen and oxygen atoms in total. The zero-order valence-electron chi connectivity index (χ0n) is 6.38. The highest BCUT2D eigenvalue weighted by molar-refractivity contribution is 5.62. The third kappa shape index (κ3) is 1.71. The summed E-state index contributed by atoms with van der Waals surface area (Å²) in [7, 11) is 0. The van der Waals surface area contributed by atoms with Crippen LogP contribution in [0.5, 0.6) is 0 Å². The van der Waals surface area contributed by atoms with Crippen LogP contribution in [0.2, 0.25) is 0 Å². The van der Waals surface area contributed by atoms with Crippen molar-refractivity contribution in [1.29, 1.82) is 0 Å². The first-order valence-electron chi connectivity index (χ1n) is 3.47. The Kier molecular flexibility index (Phi) is 2.50. The van der Waals surface area contributed by atoms with Gasteiger partial charge in [0.15, 0.2) is 0 Å². The molecule has 0 aromatic carbocycles. The van der Waals surface area contributed by atoms with Crippen molar-refractivity contribution in [2.24, 2.45) is 0 Å². The van der Waals surface area contributed by atoms with E-state index in [1.807, 2.05) is 30.5 Å². The van der Waals surface area contributed by atoms with E-state index < -0.39 is 0 Å². The lowest BCUT2D eigenvalue weighted by Crippen LogP contribution is -1.72. The zero-order valence-corrected chi connectivity index (χ0v) is 6.38. The second-order valence-electron chi connectivity index (χ2n) is 2.15. The molecule has 0 aliphatic heterocycles. The summed E-state index contributed by atoms with van der Waals surface area (Å²) in [6.07, 6.45) is 9.30. The lowest BCUT2D eigenvalue weighted by molar-refractivity contribution is 1.37. The number of nitrogens with one attached hydrogen (secondary N) is 1. The molecule has 0 saturated heterocycles. The molecule has 0 aliphatic carbocycles. The standard InChI is InChI=1S/C10H11N/c1-3-5-6-10-9(4-2)7-8-11-10/h3-8,11H,1-2H2/b6-5-. The summed E-state index contributed by atoms with van der Waals surface area (Å²) in [5, 5.41) is 0. The number of allylic oxidation sites excluding steroid dienone is 2. The molecule has 1 rings (SSSR count). The third-order valence-corrected chi connectivity index (χ3v) is 1.43. The van der Waals surface area contributed by atoms with E-state index in [2.05, 4.69) is 18.1 Å². The fraction of sp³-hybridized carbons (Fsp3) is 0. The smallest absolute Gasteiger partial charge is 0.0453 e. The van der Waals surface area contributed by atoms with Gasteiger partial charge in [0, 0.05) is 11.9 Å². The van der Waals surface area contributed by atoms with E-state index >= 15 is 0 Å². The van der Waals surface area contributed by atoms with Crippen molar-refractivity contribution in [1.82, 2.24) is 4.98 Å². The zero-order chi connectivity index (χ0) is 8.10. The van der Waals surface area contributed by atoms with E-state index in [1.54, 1.807) is 6.08 Å². The molecule has 56 valence electrons. The SMILES string of the molecule is C=C/C=C\c1[nH]ccc1C=C. The van der Waals surface area contributed by atoms with Crippen LogP contribution < -0.4 is 0 Å². The van der Waals surface area contributed by atoms with E-state index in [1.165, 1.54) is 0 Å². The average molecular weight is 145 g/mol. The predicted octanol–water partition coefficient (Wildman–Crippen LogP) is 2.86. The molecule has 0 fully saturated rings. The lowest BCUT2D eigenvalue weighted by atomic mass is 10.2. The molecule has 0 radical (unpaired) electrons. The second-order valence-corrected chi connectivity index (χ2v) is 2.15. The Hall–Kier alpha value is -1.50. The Morgan fingerprint density at radius 2 is 2.18 bits per heavy atom. The minimum atomic E-state index is 1.07. The molecular formula is C10H11N. The van der Waals surface area contributed by atoms with Crippen LogP contribution >= 0.6 is 0 Å². The van der Waals surface area contributed by atoms with Crippen LogP contribution in [-0.2, 0) is 0 Å². The monoisotopic (exact) mass is 145 g/mol. The first kappa shape index (κ1) is 7.61. The van der Waals surface area contributed by atoms with Crippen molar-refractivity contribution in [2.45, 2.75) is 0 Å². The molecule has 0 aliphatic rings. The number of hydrogen-bond acceptors (Lipinski definition) is 0. The third-order valence-electron chi connectivity index (χ3n) is 1.43. The van der Waals surface area contributed by atoms with Gasteiger partial charge in [0.1, 0.15) is 0 Å². The highest BCUT2D eigenvalue weighted by Gasteiger charge is 1.92. The van der Waals surface area contributed by atoms with Crippen molar-refractivity contribution >= 4 is 12.2 Å².